The lowest BCUT2D eigenvalue weighted by atomic mass is 9.83. The van der Waals surface area contributed by atoms with E-state index in [2.05, 4.69) is 0 Å². The Morgan fingerprint density at radius 1 is 0.0860 bits per heavy atom. The van der Waals surface area contributed by atoms with E-state index in [1.54, 1.807) is 0 Å². The summed E-state index contributed by atoms with van der Waals surface area (Å²) < 4.78 is 850. The maximum absolute atomic E-state index is 14.2. The Bertz CT molecular complexity index is 2500. The first-order chi connectivity index (χ1) is 38.7. The molecule has 0 aromatic carbocycles. The molecule has 0 aliphatic carbocycles. The first-order valence-electron chi connectivity index (χ1n) is 19.2. The molecule has 0 atom stereocenters. The lowest BCUT2D eigenvalue weighted by Crippen LogP contribution is -2.81. The van der Waals surface area contributed by atoms with Crippen molar-refractivity contribution in [1.29, 1.82) is 0 Å². The molecule has 560 valence electrons. The predicted octanol–water partition coefficient (Wildman–Crippen LogP) is 19.4. The highest BCUT2D eigenvalue weighted by Gasteiger charge is 3.05. The van der Waals surface area contributed by atoms with Crippen LogP contribution < -0.4 is 5.32 Å². The van der Waals surface area contributed by atoms with Gasteiger partial charge in [0.1, 0.15) is 0 Å². The largest absolute Gasteiger partial charge is 0.460 e. The third-order valence-electron chi connectivity index (χ3n) is 11.3. The van der Waals surface area contributed by atoms with Crippen molar-refractivity contribution in [1.82, 2.24) is 5.32 Å². The quantitative estimate of drug-likeness (QED) is 0.0608. The van der Waals surface area contributed by atoms with Gasteiger partial charge in [-0.1, -0.05) is 0 Å². The van der Waals surface area contributed by atoms with Crippen LogP contribution in [-0.4, -0.2) is 178 Å². The minimum Gasteiger partial charge on any atom is -0.192 e. The highest BCUT2D eigenvalue weighted by Crippen LogP contribution is 2.73. The van der Waals surface area contributed by atoms with Crippen LogP contribution in [0.5, 0.6) is 0 Å². The molecule has 0 spiro atoms. The zero-order valence-corrected chi connectivity index (χ0v) is 38.9. The molecule has 93 heavy (non-hydrogen) atoms. The SMILES string of the molecule is FC(F)(F)C(F)(F)C(F)(F)C(F)(F)C(F)(F)C(F)(F)C(F)(F)C(F)(F)C(F)(F)C(F)(F)C(F)(F)C(F)(F)C(F)(F)C(F)(F)C(F)(F)NC(F)(F)C(F)(F)C(F)(F)C(F)(F)C(F)(F)C(F)(F)C(F)(F)C(F)(F)C(F)(F)C(F)(F)C(F)(F)C(F)(F)C(F)(F)C(F)(F)C(F)(F)F. The van der Waals surface area contributed by atoms with Crippen LogP contribution in [0.25, 0.3) is 0 Å². The van der Waals surface area contributed by atoms with Crippen LogP contribution in [0.15, 0.2) is 0 Å². The highest BCUT2D eigenvalue weighted by molar-refractivity contribution is 5.24. The fraction of sp³-hybridized carbons (Fsp3) is 1.00. The molecule has 0 bridgehead atoms. The molecular formula is C30HF62N. The molecule has 0 amide bonds. The van der Waals surface area contributed by atoms with Gasteiger partial charge in [-0.15, -0.1) is 0 Å². The second kappa shape index (κ2) is 21.1. The minimum absolute atomic E-state index is 3.51. The van der Waals surface area contributed by atoms with Crippen LogP contribution in [0, 0.1) is 0 Å². The van der Waals surface area contributed by atoms with Crippen molar-refractivity contribution in [3.05, 3.63) is 0 Å². The number of hydrogen-bond acceptors (Lipinski definition) is 1. The van der Waals surface area contributed by atoms with E-state index < -0.39 is 184 Å². The molecule has 0 heterocycles. The average molecular weight is 1550 g/mol. The van der Waals surface area contributed by atoms with Crippen molar-refractivity contribution in [2.75, 3.05) is 0 Å². The minimum atomic E-state index is -10.9. The van der Waals surface area contributed by atoms with Gasteiger partial charge >= 0.3 is 178 Å². The Kier molecular flexibility index (Phi) is 20.1. The normalized spacial score (nSPS) is 17.6. The molecule has 1 N–H and O–H groups in total. The topological polar surface area (TPSA) is 12.0 Å². The molecule has 0 saturated carbocycles. The molecule has 0 radical (unpaired) electrons. The van der Waals surface area contributed by atoms with Crippen molar-refractivity contribution >= 4 is 0 Å². The second-order valence-corrected chi connectivity index (χ2v) is 17.2. The molecule has 0 aliphatic rings. The molecule has 0 aromatic heterocycles. The van der Waals surface area contributed by atoms with Gasteiger partial charge in [0.05, 0.1) is 0 Å². The van der Waals surface area contributed by atoms with Crippen molar-refractivity contribution < 1.29 is 272 Å². The van der Waals surface area contributed by atoms with Gasteiger partial charge in [-0.05, 0) is 0 Å². The monoisotopic (exact) mass is 1550 g/mol. The van der Waals surface area contributed by atoms with Crippen LogP contribution in [0.4, 0.5) is 272 Å². The smallest absolute Gasteiger partial charge is 0.192 e. The van der Waals surface area contributed by atoms with E-state index in [0.717, 1.165) is 0 Å². The Morgan fingerprint density at radius 3 is 0.226 bits per heavy atom. The van der Waals surface area contributed by atoms with Crippen LogP contribution in [0.1, 0.15) is 0 Å². The maximum Gasteiger partial charge on any atom is 0.460 e. The first-order valence-corrected chi connectivity index (χ1v) is 19.2. The van der Waals surface area contributed by atoms with Gasteiger partial charge in [0.25, 0.3) is 0 Å². The number of rotatable bonds is 28. The van der Waals surface area contributed by atoms with Gasteiger partial charge in [-0.25, -0.2) is 0 Å². The zero-order valence-electron chi connectivity index (χ0n) is 38.9. The zero-order chi connectivity index (χ0) is 77.7. The summed E-state index contributed by atoms with van der Waals surface area (Å²) in [5.41, 5.74) is 0. The Labute approximate surface area is 457 Å². The highest BCUT2D eigenvalue weighted by atomic mass is 19.5. The summed E-state index contributed by atoms with van der Waals surface area (Å²) in [5.74, 6) is -273. The van der Waals surface area contributed by atoms with E-state index in [9.17, 15) is 272 Å². The van der Waals surface area contributed by atoms with Crippen molar-refractivity contribution in [2.24, 2.45) is 0 Å². The van der Waals surface area contributed by atoms with Crippen molar-refractivity contribution in [2.45, 2.75) is 178 Å². The third-order valence-corrected chi connectivity index (χ3v) is 11.3. The van der Waals surface area contributed by atoms with E-state index >= 15 is 0 Å². The van der Waals surface area contributed by atoms with Crippen LogP contribution in [0.3, 0.4) is 0 Å². The summed E-state index contributed by atoms with van der Waals surface area (Å²) in [6.07, 6.45) is -17.4. The molecule has 0 aliphatic heterocycles. The number of hydrogen-bond donors (Lipinski definition) is 1. The molecule has 0 saturated heterocycles. The van der Waals surface area contributed by atoms with E-state index in [1.165, 1.54) is 0 Å². The predicted molar refractivity (Wildman–Crippen MR) is 154 cm³/mol. The molecule has 0 rings (SSSR count). The molecule has 63 heteroatoms. The fourth-order valence-electron chi connectivity index (χ4n) is 5.44. The van der Waals surface area contributed by atoms with E-state index in [-0.39, 0.29) is 0 Å². The fourth-order valence-corrected chi connectivity index (χ4v) is 5.44. The Hall–Kier alpha value is -4.38. The van der Waals surface area contributed by atoms with Crippen molar-refractivity contribution in [3.63, 3.8) is 0 Å². The van der Waals surface area contributed by atoms with Crippen molar-refractivity contribution in [3.8, 4) is 0 Å². The van der Waals surface area contributed by atoms with Gasteiger partial charge in [0, 0.05) is 0 Å². The van der Waals surface area contributed by atoms with Gasteiger partial charge in [-0.2, -0.15) is 278 Å². The number of nitrogens with one attached hydrogen (secondary N) is 1. The summed E-state index contributed by atoms with van der Waals surface area (Å²) in [7, 11) is 0. The maximum atomic E-state index is 14.2. The lowest BCUT2D eigenvalue weighted by molar-refractivity contribution is -0.492. The van der Waals surface area contributed by atoms with E-state index in [4.69, 9.17) is 0 Å². The van der Waals surface area contributed by atoms with Gasteiger partial charge in [-0.3, -0.25) is 0 Å². The van der Waals surface area contributed by atoms with Gasteiger partial charge < -0.3 is 0 Å². The van der Waals surface area contributed by atoms with E-state index in [0.29, 0.717) is 0 Å². The first kappa shape index (κ1) is 88.6. The number of alkyl halides is 62. The van der Waals surface area contributed by atoms with Gasteiger partial charge in [0.2, 0.25) is 0 Å². The Balaban J connectivity index is 8.15. The van der Waals surface area contributed by atoms with E-state index in [1.807, 2.05) is 0 Å². The van der Waals surface area contributed by atoms with Gasteiger partial charge in [0.15, 0.2) is 0 Å². The summed E-state index contributed by atoms with van der Waals surface area (Å²) >= 11 is 0. The molecule has 0 unspecified atom stereocenters. The number of halogens is 62. The lowest BCUT2D eigenvalue weighted by Gasteiger charge is -2.47. The van der Waals surface area contributed by atoms with Crippen LogP contribution >= 0.6 is 0 Å². The Morgan fingerprint density at radius 2 is 0.151 bits per heavy atom. The van der Waals surface area contributed by atoms with Crippen LogP contribution in [0.2, 0.25) is 0 Å². The summed E-state index contributed by atoms with van der Waals surface area (Å²) in [5, 5.41) is -3.51. The standard InChI is InChI=1S/C30HF62N/c31-1(32,3(35,36)7(43,44)11(51,52)15(59,60)19(67,68)23(75,76)27(83,84)85)5(39,40)9(47,48)13(55,56)17(63,64)21(71,72)25(79,80)29(89,90)93-30(91,92)26(81,82)22(73,74)18(65,66)14(57,58)10(49,50)6(41,42)2(33,34)4(37,38)8(45,46)12(53,54)16(61,62)20(69,70)24(77,78)28(86,87)88/h93H. The summed E-state index contributed by atoms with van der Waals surface area (Å²) in [6.45, 7) is 0. The molecular weight excluding hydrogens is 1550 g/mol. The second-order valence-electron chi connectivity index (χ2n) is 17.2. The third kappa shape index (κ3) is 9.99. The molecule has 0 fully saturated rings. The molecule has 1 nitrogen and oxygen atoms in total. The molecule has 0 aromatic rings. The summed E-state index contributed by atoms with van der Waals surface area (Å²) in [4.78, 5) is 0. The average Bonchev–Trinajstić information content (AvgIpc) is 3.31. The van der Waals surface area contributed by atoms with Crippen LogP contribution in [-0.2, 0) is 0 Å². The summed E-state index contributed by atoms with van der Waals surface area (Å²) in [6, 6.07) is -20.2.